The lowest BCUT2D eigenvalue weighted by atomic mass is 9.77. The number of amides is 1. The van der Waals surface area contributed by atoms with E-state index in [1.807, 2.05) is 24.4 Å². The molecule has 1 aromatic carbocycles. The minimum absolute atomic E-state index is 0.0408. The van der Waals surface area contributed by atoms with Crippen LogP contribution in [0.5, 0.6) is 0 Å². The Kier molecular flexibility index (Phi) is 5.33. The highest BCUT2D eigenvalue weighted by Gasteiger charge is 2.24. The number of halogens is 1. The molecule has 1 N–H and O–H groups in total. The Morgan fingerprint density at radius 2 is 2.00 bits per heavy atom. The quantitative estimate of drug-likeness (QED) is 0.810. The average molecular weight is 364 g/mol. The number of aromatic nitrogens is 1. The van der Waals surface area contributed by atoms with E-state index in [1.165, 1.54) is 17.0 Å². The molecule has 0 aliphatic heterocycles. The van der Waals surface area contributed by atoms with Gasteiger partial charge >= 0.3 is 0 Å². The summed E-state index contributed by atoms with van der Waals surface area (Å²) in [5, 5.41) is 4.10. The van der Waals surface area contributed by atoms with Gasteiger partial charge in [-0.2, -0.15) is 0 Å². The smallest absolute Gasteiger partial charge is 0.224 e. The number of benzene rings is 1. The Morgan fingerprint density at radius 1 is 1.19 bits per heavy atom. The fraction of sp³-hybridized carbons (Fsp3) is 0.391. The summed E-state index contributed by atoms with van der Waals surface area (Å²) in [5.74, 6) is 1.00. The number of alkyl halides is 1. The van der Waals surface area contributed by atoms with E-state index in [4.69, 9.17) is 0 Å². The van der Waals surface area contributed by atoms with Gasteiger partial charge in [0.15, 0.2) is 0 Å². The normalized spacial score (nSPS) is 25.2. The van der Waals surface area contributed by atoms with Gasteiger partial charge in [-0.05, 0) is 67.4 Å². The Labute approximate surface area is 159 Å². The molecule has 2 aromatic rings. The van der Waals surface area contributed by atoms with Gasteiger partial charge in [0.05, 0.1) is 5.52 Å². The number of allylic oxidation sites excluding steroid dienone is 3. The number of fused-ring (bicyclic) bond motifs is 1. The molecule has 3 nitrogen and oxygen atoms in total. The molecular formula is C23H25FN2O. The molecular weight excluding hydrogens is 339 g/mol. The molecule has 140 valence electrons. The molecule has 1 aromatic heterocycles. The molecule has 2 aliphatic carbocycles. The Bertz CT molecular complexity index is 881. The van der Waals surface area contributed by atoms with Gasteiger partial charge in [0, 0.05) is 30.1 Å². The third-order valence-corrected chi connectivity index (χ3v) is 5.74. The molecule has 0 radical (unpaired) electrons. The molecule has 1 fully saturated rings. The predicted octanol–water partition coefficient (Wildman–Crippen LogP) is 5.20. The minimum Gasteiger partial charge on any atom is -0.326 e. The van der Waals surface area contributed by atoms with Crippen LogP contribution in [-0.2, 0) is 4.79 Å². The van der Waals surface area contributed by atoms with Gasteiger partial charge in [-0.25, -0.2) is 4.39 Å². The second-order valence-electron chi connectivity index (χ2n) is 7.70. The fourth-order valence-corrected chi connectivity index (χ4v) is 4.17. The highest BCUT2D eigenvalue weighted by Crippen LogP contribution is 2.37. The first-order valence-corrected chi connectivity index (χ1v) is 9.84. The molecule has 2 aliphatic rings. The van der Waals surface area contributed by atoms with Gasteiger partial charge < -0.3 is 5.32 Å². The number of nitrogens with zero attached hydrogens (tertiary/aromatic N) is 1. The number of carbonyl (C=O) groups excluding carboxylic acids is 1. The molecule has 27 heavy (non-hydrogen) atoms. The topological polar surface area (TPSA) is 42.0 Å². The van der Waals surface area contributed by atoms with Crippen LogP contribution in [0.1, 0.15) is 50.0 Å². The van der Waals surface area contributed by atoms with Crippen LogP contribution in [0.2, 0.25) is 0 Å². The minimum atomic E-state index is -0.925. The highest BCUT2D eigenvalue weighted by atomic mass is 19.1. The summed E-state index contributed by atoms with van der Waals surface area (Å²) in [6, 6.07) is 10.5. The third-order valence-electron chi connectivity index (χ3n) is 5.74. The van der Waals surface area contributed by atoms with E-state index in [0.29, 0.717) is 24.7 Å². The lowest BCUT2D eigenvalue weighted by molar-refractivity contribution is -0.121. The van der Waals surface area contributed by atoms with Crippen molar-refractivity contribution in [3.05, 3.63) is 66.0 Å². The molecule has 1 saturated carbocycles. The summed E-state index contributed by atoms with van der Waals surface area (Å²) in [7, 11) is 0. The van der Waals surface area contributed by atoms with Gasteiger partial charge in [0.2, 0.25) is 5.91 Å². The van der Waals surface area contributed by atoms with Crippen LogP contribution in [0.4, 0.5) is 4.39 Å². The van der Waals surface area contributed by atoms with Crippen LogP contribution < -0.4 is 5.32 Å². The molecule has 1 heterocycles. The standard InChI is InChI=1S/C23H25FN2O/c24-20-9-11-21(12-10-20)26-23(27)13-16-5-7-17(8-6-16)19-14-18-3-1-2-4-22(18)25-15-19/h1-4,9,11-12,14-17,20H,5-8,10,13H2,(H,26,27). The van der Waals surface area contributed by atoms with Crippen LogP contribution >= 0.6 is 0 Å². The monoisotopic (exact) mass is 364 g/mol. The molecule has 1 unspecified atom stereocenters. The number of carbonyl (C=O) groups is 1. The van der Waals surface area contributed by atoms with Crippen LogP contribution in [0.25, 0.3) is 10.9 Å². The number of hydrogen-bond acceptors (Lipinski definition) is 2. The maximum atomic E-state index is 13.1. The van der Waals surface area contributed by atoms with Crippen molar-refractivity contribution in [3.63, 3.8) is 0 Å². The maximum Gasteiger partial charge on any atom is 0.224 e. The number of hydrogen-bond donors (Lipinski definition) is 1. The Hall–Kier alpha value is -2.49. The van der Waals surface area contributed by atoms with Gasteiger partial charge in [-0.1, -0.05) is 24.3 Å². The zero-order valence-electron chi connectivity index (χ0n) is 15.4. The SMILES string of the molecule is O=C(CC1CCC(c2cnc3ccccc3c2)CC1)NC1=CCC(F)C=C1. The summed E-state index contributed by atoms with van der Waals surface area (Å²) < 4.78 is 13.1. The van der Waals surface area contributed by atoms with E-state index < -0.39 is 6.17 Å². The lowest BCUT2D eigenvalue weighted by Gasteiger charge is -2.28. The van der Waals surface area contributed by atoms with E-state index in [1.54, 1.807) is 12.2 Å². The van der Waals surface area contributed by atoms with Crippen molar-refractivity contribution >= 4 is 16.8 Å². The highest BCUT2D eigenvalue weighted by molar-refractivity contribution is 5.79. The molecule has 4 rings (SSSR count). The first-order chi connectivity index (χ1) is 13.2. The van der Waals surface area contributed by atoms with Gasteiger partial charge in [-0.15, -0.1) is 0 Å². The Morgan fingerprint density at radius 3 is 2.78 bits per heavy atom. The number of rotatable bonds is 4. The summed E-state index contributed by atoms with van der Waals surface area (Å²) >= 11 is 0. The maximum absolute atomic E-state index is 13.1. The summed E-state index contributed by atoms with van der Waals surface area (Å²) in [5.41, 5.74) is 3.08. The van der Waals surface area contributed by atoms with Crippen molar-refractivity contribution in [1.29, 1.82) is 0 Å². The summed E-state index contributed by atoms with van der Waals surface area (Å²) in [4.78, 5) is 16.9. The van der Waals surface area contributed by atoms with Crippen LogP contribution in [0.15, 0.2) is 60.5 Å². The summed E-state index contributed by atoms with van der Waals surface area (Å²) in [6.07, 6.45) is 11.2. The van der Waals surface area contributed by atoms with Crippen molar-refractivity contribution in [3.8, 4) is 0 Å². The second-order valence-corrected chi connectivity index (χ2v) is 7.70. The van der Waals surface area contributed by atoms with Crippen molar-refractivity contribution in [2.75, 3.05) is 0 Å². The molecule has 0 spiro atoms. The van der Waals surface area contributed by atoms with E-state index in [2.05, 4.69) is 22.4 Å². The zero-order valence-corrected chi connectivity index (χ0v) is 15.4. The second kappa shape index (κ2) is 8.03. The lowest BCUT2D eigenvalue weighted by Crippen LogP contribution is -2.27. The van der Waals surface area contributed by atoms with Crippen molar-refractivity contribution < 1.29 is 9.18 Å². The third kappa shape index (κ3) is 4.44. The Balaban J connectivity index is 1.29. The van der Waals surface area contributed by atoms with Gasteiger partial charge in [0.1, 0.15) is 6.17 Å². The van der Waals surface area contributed by atoms with E-state index in [0.717, 1.165) is 36.9 Å². The van der Waals surface area contributed by atoms with Gasteiger partial charge in [0.25, 0.3) is 0 Å². The first-order valence-electron chi connectivity index (χ1n) is 9.84. The largest absolute Gasteiger partial charge is 0.326 e. The van der Waals surface area contributed by atoms with E-state index in [-0.39, 0.29) is 5.91 Å². The molecule has 0 bridgehead atoms. The molecule has 4 heteroatoms. The fourth-order valence-electron chi connectivity index (χ4n) is 4.17. The molecule has 0 saturated heterocycles. The molecule has 1 amide bonds. The number of nitrogens with one attached hydrogen (secondary N) is 1. The zero-order chi connectivity index (χ0) is 18.6. The molecule has 1 atom stereocenters. The van der Waals surface area contributed by atoms with Crippen molar-refractivity contribution in [2.24, 2.45) is 5.92 Å². The van der Waals surface area contributed by atoms with Gasteiger partial charge in [-0.3, -0.25) is 9.78 Å². The number of para-hydroxylation sites is 1. The number of pyridine rings is 1. The predicted molar refractivity (Wildman–Crippen MR) is 106 cm³/mol. The first kappa shape index (κ1) is 17.9. The average Bonchev–Trinajstić information content (AvgIpc) is 2.70. The van der Waals surface area contributed by atoms with Crippen LogP contribution in [-0.4, -0.2) is 17.1 Å². The van der Waals surface area contributed by atoms with Crippen LogP contribution in [0, 0.1) is 5.92 Å². The van der Waals surface area contributed by atoms with E-state index >= 15 is 0 Å². The van der Waals surface area contributed by atoms with Crippen molar-refractivity contribution in [2.45, 2.75) is 50.6 Å². The summed E-state index contributed by atoms with van der Waals surface area (Å²) in [6.45, 7) is 0. The van der Waals surface area contributed by atoms with E-state index in [9.17, 15) is 9.18 Å². The van der Waals surface area contributed by atoms with Crippen LogP contribution in [0.3, 0.4) is 0 Å². The van der Waals surface area contributed by atoms with Crippen molar-refractivity contribution in [1.82, 2.24) is 10.3 Å².